The van der Waals surface area contributed by atoms with Crippen LogP contribution in [0.1, 0.15) is 41.9 Å². The van der Waals surface area contributed by atoms with Crippen LogP contribution in [0.3, 0.4) is 0 Å². The molecule has 0 aliphatic carbocycles. The van der Waals surface area contributed by atoms with E-state index in [1.165, 1.54) is 5.56 Å². The first-order valence-electron chi connectivity index (χ1n) is 7.98. The van der Waals surface area contributed by atoms with Crippen molar-refractivity contribution in [2.24, 2.45) is 0 Å². The topological polar surface area (TPSA) is 84.2 Å². The first-order valence-corrected chi connectivity index (χ1v) is 7.98. The van der Waals surface area contributed by atoms with Crippen LogP contribution in [0.4, 0.5) is 0 Å². The Bertz CT molecular complexity index is 735. The van der Waals surface area contributed by atoms with Gasteiger partial charge < -0.3 is 15.2 Å². The van der Waals surface area contributed by atoms with Gasteiger partial charge in [-0.25, -0.2) is 0 Å². The smallest absolute Gasteiger partial charge is 0.273 e. The lowest BCUT2D eigenvalue weighted by Crippen LogP contribution is -2.34. The summed E-state index contributed by atoms with van der Waals surface area (Å²) >= 11 is 0. The van der Waals surface area contributed by atoms with Gasteiger partial charge in [0, 0.05) is 30.6 Å². The Morgan fingerprint density at radius 2 is 1.92 bits per heavy atom. The SMILES string of the molecule is Cc1ccc(-c2cc(C(=O)NCCC(=O)NC(C)C)no2)cc1C. The zero-order valence-electron chi connectivity index (χ0n) is 14.5. The molecule has 0 atom stereocenters. The standard InChI is InChI=1S/C18H23N3O3/c1-11(2)20-17(22)7-8-19-18(23)15-10-16(24-21-15)14-6-5-12(3)13(4)9-14/h5-6,9-11H,7-8H2,1-4H3,(H,19,23)(H,20,22). The molecule has 0 saturated heterocycles. The second kappa shape index (κ2) is 7.77. The molecule has 2 amide bonds. The quantitative estimate of drug-likeness (QED) is 0.853. The molecule has 0 aliphatic heterocycles. The summed E-state index contributed by atoms with van der Waals surface area (Å²) in [5.41, 5.74) is 3.41. The predicted octanol–water partition coefficient (Wildman–Crippen LogP) is 2.60. The molecular formula is C18H23N3O3. The van der Waals surface area contributed by atoms with E-state index in [-0.39, 0.29) is 36.5 Å². The highest BCUT2D eigenvalue weighted by Gasteiger charge is 2.14. The van der Waals surface area contributed by atoms with Crippen LogP contribution in [0.2, 0.25) is 0 Å². The number of hydrogen-bond donors (Lipinski definition) is 2. The molecule has 0 unspecified atom stereocenters. The number of carbonyl (C=O) groups excluding carboxylic acids is 2. The number of hydrogen-bond acceptors (Lipinski definition) is 4. The highest BCUT2D eigenvalue weighted by molar-refractivity contribution is 5.93. The largest absolute Gasteiger partial charge is 0.355 e. The molecular weight excluding hydrogens is 306 g/mol. The summed E-state index contributed by atoms with van der Waals surface area (Å²) in [4.78, 5) is 23.6. The summed E-state index contributed by atoms with van der Waals surface area (Å²) in [5.74, 6) is 0.0910. The molecule has 0 fully saturated rings. The molecule has 0 bridgehead atoms. The van der Waals surface area contributed by atoms with Crippen molar-refractivity contribution < 1.29 is 14.1 Å². The molecule has 0 saturated carbocycles. The molecule has 2 N–H and O–H groups in total. The minimum atomic E-state index is -0.355. The monoisotopic (exact) mass is 329 g/mol. The lowest BCUT2D eigenvalue weighted by molar-refractivity contribution is -0.121. The number of carbonyl (C=O) groups is 2. The van der Waals surface area contributed by atoms with Crippen LogP contribution in [0.25, 0.3) is 11.3 Å². The van der Waals surface area contributed by atoms with Crippen LogP contribution < -0.4 is 10.6 Å². The van der Waals surface area contributed by atoms with Gasteiger partial charge in [0.1, 0.15) is 0 Å². The fourth-order valence-electron chi connectivity index (χ4n) is 2.19. The number of aromatic nitrogens is 1. The minimum absolute atomic E-state index is 0.0873. The molecule has 0 aliphatic rings. The van der Waals surface area contributed by atoms with Crippen molar-refractivity contribution >= 4 is 11.8 Å². The summed E-state index contributed by atoms with van der Waals surface area (Å²) in [6, 6.07) is 7.62. The first kappa shape index (κ1) is 17.7. The molecule has 24 heavy (non-hydrogen) atoms. The van der Waals surface area contributed by atoms with Crippen molar-refractivity contribution in [2.75, 3.05) is 6.54 Å². The molecule has 1 aromatic heterocycles. The molecule has 2 rings (SSSR count). The van der Waals surface area contributed by atoms with Crippen molar-refractivity contribution in [3.63, 3.8) is 0 Å². The van der Waals surface area contributed by atoms with Gasteiger partial charge in [0.05, 0.1) is 0 Å². The molecule has 0 radical (unpaired) electrons. The first-order chi connectivity index (χ1) is 11.4. The molecule has 6 nitrogen and oxygen atoms in total. The third-order valence-electron chi connectivity index (χ3n) is 3.62. The Morgan fingerprint density at radius 1 is 1.17 bits per heavy atom. The minimum Gasteiger partial charge on any atom is -0.355 e. The van der Waals surface area contributed by atoms with Gasteiger partial charge in [-0.1, -0.05) is 17.3 Å². The van der Waals surface area contributed by atoms with E-state index in [0.29, 0.717) is 5.76 Å². The van der Waals surface area contributed by atoms with Gasteiger partial charge in [0.2, 0.25) is 5.91 Å². The van der Waals surface area contributed by atoms with E-state index in [0.717, 1.165) is 11.1 Å². The van der Waals surface area contributed by atoms with Crippen LogP contribution in [-0.2, 0) is 4.79 Å². The zero-order valence-corrected chi connectivity index (χ0v) is 14.5. The second-order valence-corrected chi connectivity index (χ2v) is 6.10. The number of amides is 2. The lowest BCUT2D eigenvalue weighted by atomic mass is 10.0. The Balaban J connectivity index is 1.93. The number of rotatable bonds is 6. The average molecular weight is 329 g/mol. The van der Waals surface area contributed by atoms with E-state index >= 15 is 0 Å². The summed E-state index contributed by atoms with van der Waals surface area (Å²) in [6.07, 6.45) is 0.228. The van der Waals surface area contributed by atoms with Crippen LogP contribution in [0.15, 0.2) is 28.8 Å². The van der Waals surface area contributed by atoms with Gasteiger partial charge in [-0.15, -0.1) is 0 Å². The predicted molar refractivity (Wildman–Crippen MR) is 91.6 cm³/mol. The molecule has 0 spiro atoms. The molecule has 2 aromatic rings. The van der Waals surface area contributed by atoms with E-state index in [1.54, 1.807) is 6.07 Å². The zero-order chi connectivity index (χ0) is 17.7. The third kappa shape index (κ3) is 4.68. The van der Waals surface area contributed by atoms with Crippen LogP contribution in [0.5, 0.6) is 0 Å². The number of aryl methyl sites for hydroxylation is 2. The molecule has 1 heterocycles. The normalized spacial score (nSPS) is 10.7. The highest BCUT2D eigenvalue weighted by atomic mass is 16.5. The molecule has 128 valence electrons. The number of nitrogens with one attached hydrogen (secondary N) is 2. The van der Waals surface area contributed by atoms with Crippen molar-refractivity contribution in [2.45, 2.75) is 40.2 Å². The fourth-order valence-corrected chi connectivity index (χ4v) is 2.19. The van der Waals surface area contributed by atoms with Crippen molar-refractivity contribution in [3.8, 4) is 11.3 Å². The highest BCUT2D eigenvalue weighted by Crippen LogP contribution is 2.22. The number of benzene rings is 1. The van der Waals surface area contributed by atoms with E-state index in [9.17, 15) is 9.59 Å². The van der Waals surface area contributed by atoms with Gasteiger partial charge in [0.25, 0.3) is 5.91 Å². The summed E-state index contributed by atoms with van der Waals surface area (Å²) in [7, 11) is 0. The lowest BCUT2D eigenvalue weighted by Gasteiger charge is -2.08. The maximum atomic E-state index is 12.0. The van der Waals surface area contributed by atoms with Gasteiger partial charge in [-0.05, 0) is 44.9 Å². The summed E-state index contributed by atoms with van der Waals surface area (Å²) in [5, 5.41) is 9.24. The van der Waals surface area contributed by atoms with Crippen LogP contribution in [-0.4, -0.2) is 29.6 Å². The van der Waals surface area contributed by atoms with Gasteiger partial charge in [0.15, 0.2) is 11.5 Å². The maximum Gasteiger partial charge on any atom is 0.273 e. The van der Waals surface area contributed by atoms with E-state index in [2.05, 4.69) is 15.8 Å². The van der Waals surface area contributed by atoms with Crippen LogP contribution >= 0.6 is 0 Å². The Labute approximate surface area is 141 Å². The van der Waals surface area contributed by atoms with Crippen molar-refractivity contribution in [1.29, 1.82) is 0 Å². The van der Waals surface area contributed by atoms with E-state index < -0.39 is 0 Å². The average Bonchev–Trinajstić information content (AvgIpc) is 2.99. The summed E-state index contributed by atoms with van der Waals surface area (Å²) < 4.78 is 5.26. The fraction of sp³-hybridized carbons (Fsp3) is 0.389. The van der Waals surface area contributed by atoms with E-state index in [1.807, 2.05) is 45.9 Å². The molecule has 6 heteroatoms. The Kier molecular flexibility index (Phi) is 5.73. The van der Waals surface area contributed by atoms with Gasteiger partial charge in [-0.3, -0.25) is 9.59 Å². The van der Waals surface area contributed by atoms with Crippen molar-refractivity contribution in [3.05, 3.63) is 41.1 Å². The maximum absolute atomic E-state index is 12.0. The van der Waals surface area contributed by atoms with Crippen molar-refractivity contribution in [1.82, 2.24) is 15.8 Å². The van der Waals surface area contributed by atoms with E-state index in [4.69, 9.17) is 4.52 Å². The van der Waals surface area contributed by atoms with Gasteiger partial charge in [-0.2, -0.15) is 0 Å². The molecule has 1 aromatic carbocycles. The third-order valence-corrected chi connectivity index (χ3v) is 3.62. The van der Waals surface area contributed by atoms with Crippen LogP contribution in [0, 0.1) is 13.8 Å². The second-order valence-electron chi connectivity index (χ2n) is 6.10. The number of nitrogens with zero attached hydrogens (tertiary/aromatic N) is 1. The Morgan fingerprint density at radius 3 is 2.58 bits per heavy atom. The Hall–Kier alpha value is -2.63. The summed E-state index contributed by atoms with van der Waals surface area (Å²) in [6.45, 7) is 8.09. The van der Waals surface area contributed by atoms with Gasteiger partial charge >= 0.3 is 0 Å².